The Morgan fingerprint density at radius 2 is 2.03 bits per heavy atom. The van der Waals surface area contributed by atoms with E-state index in [1.54, 1.807) is 31.4 Å². The number of methoxy groups -OCH3 is 1. The number of carbonyl (C=O) groups excluding carboxylic acids is 1. The third kappa shape index (κ3) is 4.67. The van der Waals surface area contributed by atoms with Crippen molar-refractivity contribution in [3.8, 4) is 22.9 Å². The summed E-state index contributed by atoms with van der Waals surface area (Å²) in [5.74, 6) is 0.957. The average Bonchev–Trinajstić information content (AvgIpc) is 3.40. The van der Waals surface area contributed by atoms with Crippen LogP contribution in [0.25, 0.3) is 11.4 Å². The van der Waals surface area contributed by atoms with Gasteiger partial charge in [-0.05, 0) is 48.9 Å². The van der Waals surface area contributed by atoms with Crippen LogP contribution in [-0.2, 0) is 21.2 Å². The molecular weight excluding hydrogens is 436 g/mol. The van der Waals surface area contributed by atoms with E-state index in [-0.39, 0.29) is 35.9 Å². The first kappa shape index (κ1) is 21.6. The first-order valence-electron chi connectivity index (χ1n) is 9.96. The van der Waals surface area contributed by atoms with E-state index in [1.165, 1.54) is 22.5 Å². The number of aromatic hydroxyl groups is 1. The number of phenols is 1. The van der Waals surface area contributed by atoms with E-state index in [9.17, 15) is 18.3 Å². The normalized spacial score (nSPS) is 15.0. The monoisotopic (exact) mass is 458 g/mol. The van der Waals surface area contributed by atoms with Gasteiger partial charge in [-0.25, -0.2) is 8.42 Å². The van der Waals surface area contributed by atoms with Crippen LogP contribution in [0.1, 0.15) is 18.7 Å². The number of ether oxygens (including phenoxy) is 1. The van der Waals surface area contributed by atoms with E-state index < -0.39 is 10.0 Å². The van der Waals surface area contributed by atoms with Crippen molar-refractivity contribution < 1.29 is 27.6 Å². The zero-order chi connectivity index (χ0) is 22.7. The summed E-state index contributed by atoms with van der Waals surface area (Å²) in [6, 6.07) is 11.5. The fourth-order valence-corrected chi connectivity index (χ4v) is 4.91. The Hall–Kier alpha value is -3.60. The van der Waals surface area contributed by atoms with Crippen LogP contribution in [-0.4, -0.2) is 49.0 Å². The highest BCUT2D eigenvalue weighted by atomic mass is 32.2. The molecule has 1 saturated heterocycles. The van der Waals surface area contributed by atoms with E-state index in [0.717, 1.165) is 5.56 Å². The molecule has 0 spiro atoms. The lowest BCUT2D eigenvalue weighted by Gasteiger charge is -2.18. The lowest BCUT2D eigenvalue weighted by atomic mass is 10.2. The van der Waals surface area contributed by atoms with Crippen LogP contribution in [0.4, 0.5) is 11.4 Å². The number of aromatic nitrogens is 2. The van der Waals surface area contributed by atoms with Gasteiger partial charge in [0.05, 0.1) is 24.2 Å². The van der Waals surface area contributed by atoms with Gasteiger partial charge in [-0.3, -0.25) is 9.10 Å². The molecular formula is C21H22N4O6S. The number of phenolic OH excluding ortho intramolecular Hbond substituents is 1. The van der Waals surface area contributed by atoms with Crippen molar-refractivity contribution >= 4 is 27.3 Å². The maximum atomic E-state index is 12.4. The van der Waals surface area contributed by atoms with Crippen molar-refractivity contribution in [3.05, 3.63) is 48.4 Å². The fourth-order valence-electron chi connectivity index (χ4n) is 3.36. The van der Waals surface area contributed by atoms with Gasteiger partial charge >= 0.3 is 0 Å². The van der Waals surface area contributed by atoms with Gasteiger partial charge in [-0.2, -0.15) is 4.98 Å². The number of aryl methyl sites for hydroxylation is 1. The summed E-state index contributed by atoms with van der Waals surface area (Å²) >= 11 is 0. The number of rotatable bonds is 7. The van der Waals surface area contributed by atoms with Gasteiger partial charge < -0.3 is 19.7 Å². The Labute approximate surface area is 184 Å². The van der Waals surface area contributed by atoms with Gasteiger partial charge in [0.2, 0.25) is 27.6 Å². The molecule has 11 heteroatoms. The summed E-state index contributed by atoms with van der Waals surface area (Å²) in [6.45, 7) is 0.369. The number of carbonyl (C=O) groups is 1. The predicted molar refractivity (Wildman–Crippen MR) is 117 cm³/mol. The molecule has 1 aromatic heterocycles. The van der Waals surface area contributed by atoms with E-state index in [0.29, 0.717) is 36.1 Å². The lowest BCUT2D eigenvalue weighted by molar-refractivity contribution is -0.116. The fraction of sp³-hybridized carbons (Fsp3) is 0.286. The molecule has 0 radical (unpaired) electrons. The van der Waals surface area contributed by atoms with Gasteiger partial charge in [0.25, 0.3) is 0 Å². The number of anilines is 2. The number of hydrogen-bond donors (Lipinski definition) is 2. The minimum atomic E-state index is -3.36. The smallest absolute Gasteiger partial charge is 0.235 e. The Morgan fingerprint density at radius 1 is 1.25 bits per heavy atom. The van der Waals surface area contributed by atoms with E-state index in [1.807, 2.05) is 0 Å². The first-order valence-corrected chi connectivity index (χ1v) is 11.6. The standard InChI is InChI=1S/C21H22N4O6S/c1-30-16-6-3-14(4-7-16)21-23-20(31-24-21)10-9-19(27)22-17-13-15(5-8-18(17)26)25-11-2-12-32(25,28)29/h3-8,13,26H,2,9-12H2,1H3,(H,22,27). The predicted octanol–water partition coefficient (Wildman–Crippen LogP) is 2.56. The van der Waals surface area contributed by atoms with Crippen molar-refractivity contribution in [1.82, 2.24) is 10.1 Å². The van der Waals surface area contributed by atoms with Crippen molar-refractivity contribution in [2.45, 2.75) is 19.3 Å². The molecule has 0 unspecified atom stereocenters. The number of hydrogen-bond acceptors (Lipinski definition) is 8. The van der Waals surface area contributed by atoms with Gasteiger partial charge in [0.1, 0.15) is 11.5 Å². The second kappa shape index (κ2) is 8.87. The zero-order valence-corrected chi connectivity index (χ0v) is 18.1. The minimum absolute atomic E-state index is 0.0376. The Bertz CT molecular complexity index is 1220. The molecule has 10 nitrogen and oxygen atoms in total. The van der Waals surface area contributed by atoms with Crippen LogP contribution in [0, 0.1) is 0 Å². The molecule has 2 aromatic carbocycles. The molecule has 2 N–H and O–H groups in total. The maximum Gasteiger partial charge on any atom is 0.235 e. The largest absolute Gasteiger partial charge is 0.506 e. The summed E-state index contributed by atoms with van der Waals surface area (Å²) < 4.78 is 35.9. The molecule has 3 aromatic rings. The van der Waals surface area contributed by atoms with Crippen molar-refractivity contribution in [2.75, 3.05) is 29.0 Å². The second-order valence-corrected chi connectivity index (χ2v) is 9.24. The van der Waals surface area contributed by atoms with E-state index in [4.69, 9.17) is 9.26 Å². The molecule has 0 bridgehead atoms. The molecule has 2 heterocycles. The second-order valence-electron chi connectivity index (χ2n) is 7.23. The number of benzene rings is 2. The molecule has 1 fully saturated rings. The Kier molecular flexibility index (Phi) is 5.99. The van der Waals surface area contributed by atoms with Crippen LogP contribution in [0.2, 0.25) is 0 Å². The third-order valence-electron chi connectivity index (χ3n) is 5.02. The highest BCUT2D eigenvalue weighted by Crippen LogP contribution is 2.32. The van der Waals surface area contributed by atoms with Crippen LogP contribution >= 0.6 is 0 Å². The van der Waals surface area contributed by atoms with Gasteiger partial charge in [-0.1, -0.05) is 5.16 Å². The van der Waals surface area contributed by atoms with E-state index in [2.05, 4.69) is 15.5 Å². The zero-order valence-electron chi connectivity index (χ0n) is 17.3. The molecule has 1 aliphatic heterocycles. The maximum absolute atomic E-state index is 12.4. The lowest BCUT2D eigenvalue weighted by Crippen LogP contribution is -2.25. The highest BCUT2D eigenvalue weighted by molar-refractivity contribution is 7.93. The van der Waals surface area contributed by atoms with Crippen molar-refractivity contribution in [3.63, 3.8) is 0 Å². The van der Waals surface area contributed by atoms with Crippen molar-refractivity contribution in [1.29, 1.82) is 0 Å². The summed E-state index contributed by atoms with van der Waals surface area (Å²) in [5.41, 5.74) is 1.29. The molecule has 4 rings (SSSR count). The van der Waals surface area contributed by atoms with E-state index >= 15 is 0 Å². The number of nitrogens with one attached hydrogen (secondary N) is 1. The Morgan fingerprint density at radius 3 is 2.72 bits per heavy atom. The number of nitrogens with zero attached hydrogens (tertiary/aromatic N) is 3. The third-order valence-corrected chi connectivity index (χ3v) is 6.89. The van der Waals surface area contributed by atoms with Crippen LogP contribution in [0.3, 0.4) is 0 Å². The summed E-state index contributed by atoms with van der Waals surface area (Å²) in [7, 11) is -1.78. The molecule has 1 aliphatic rings. The summed E-state index contributed by atoms with van der Waals surface area (Å²) in [4.78, 5) is 16.7. The number of amides is 1. The van der Waals surface area contributed by atoms with Crippen LogP contribution in [0.5, 0.6) is 11.5 Å². The molecule has 32 heavy (non-hydrogen) atoms. The van der Waals surface area contributed by atoms with Gasteiger partial charge in [0, 0.05) is 24.9 Å². The first-order chi connectivity index (χ1) is 15.4. The molecule has 1 amide bonds. The average molecular weight is 458 g/mol. The highest BCUT2D eigenvalue weighted by Gasteiger charge is 2.29. The number of sulfonamides is 1. The SMILES string of the molecule is COc1ccc(-c2noc(CCC(=O)Nc3cc(N4CCCS4(=O)=O)ccc3O)n2)cc1. The summed E-state index contributed by atoms with van der Waals surface area (Å²) in [5, 5.41) is 16.6. The quantitative estimate of drug-likeness (QED) is 0.516. The molecule has 168 valence electrons. The van der Waals surface area contributed by atoms with Crippen molar-refractivity contribution in [2.24, 2.45) is 0 Å². The van der Waals surface area contributed by atoms with Crippen LogP contribution < -0.4 is 14.4 Å². The topological polar surface area (TPSA) is 135 Å². The minimum Gasteiger partial charge on any atom is -0.506 e. The summed E-state index contributed by atoms with van der Waals surface area (Å²) in [6.07, 6.45) is 0.777. The molecule has 0 aliphatic carbocycles. The molecule has 0 atom stereocenters. The van der Waals surface area contributed by atoms with Gasteiger partial charge in [0.15, 0.2) is 0 Å². The Balaban J connectivity index is 1.38. The molecule has 0 saturated carbocycles. The van der Waals surface area contributed by atoms with Gasteiger partial charge in [-0.15, -0.1) is 0 Å². The van der Waals surface area contributed by atoms with Crippen LogP contribution in [0.15, 0.2) is 47.0 Å².